The van der Waals surface area contributed by atoms with E-state index in [0.717, 1.165) is 12.0 Å². The van der Waals surface area contributed by atoms with Gasteiger partial charge in [-0.3, -0.25) is 14.6 Å². The van der Waals surface area contributed by atoms with Crippen LogP contribution in [-0.2, 0) is 13.1 Å². The van der Waals surface area contributed by atoms with Crippen LogP contribution in [0.4, 0.5) is 0 Å². The fraction of sp³-hybridized carbons (Fsp3) is 0.333. The second kappa shape index (κ2) is 6.78. The van der Waals surface area contributed by atoms with Crippen LogP contribution in [0.2, 0.25) is 0 Å². The van der Waals surface area contributed by atoms with Crippen molar-refractivity contribution in [1.29, 1.82) is 0 Å². The maximum absolute atomic E-state index is 12.3. The predicted molar refractivity (Wildman–Crippen MR) is 78.8 cm³/mol. The maximum atomic E-state index is 12.3. The summed E-state index contributed by atoms with van der Waals surface area (Å²) < 4.78 is 1.33. The first-order chi connectivity index (χ1) is 10.1. The number of pyridine rings is 1. The average molecular weight is 286 g/mol. The summed E-state index contributed by atoms with van der Waals surface area (Å²) in [5.74, 6) is -0.211. The van der Waals surface area contributed by atoms with Crippen molar-refractivity contribution in [3.63, 3.8) is 0 Å². The fourth-order valence-corrected chi connectivity index (χ4v) is 1.96. The van der Waals surface area contributed by atoms with Gasteiger partial charge in [0.05, 0.1) is 0 Å². The lowest BCUT2D eigenvalue weighted by Gasteiger charge is -2.17. The molecule has 0 saturated carbocycles. The van der Waals surface area contributed by atoms with E-state index < -0.39 is 0 Å². The second-order valence-corrected chi connectivity index (χ2v) is 4.80. The van der Waals surface area contributed by atoms with Crippen molar-refractivity contribution >= 4 is 5.91 Å². The molecule has 0 N–H and O–H groups in total. The van der Waals surface area contributed by atoms with E-state index in [1.807, 2.05) is 19.1 Å². The standard InChI is InChI=1S/C15H18N4O2/c1-3-10-19-14(20)5-4-13(17-19)15(21)18(2)11-12-6-8-16-9-7-12/h4-9H,3,10-11H2,1-2H3. The van der Waals surface area contributed by atoms with E-state index in [2.05, 4.69) is 10.1 Å². The van der Waals surface area contributed by atoms with Crippen LogP contribution in [0.25, 0.3) is 0 Å². The first-order valence-corrected chi connectivity index (χ1v) is 6.84. The zero-order chi connectivity index (χ0) is 15.2. The molecule has 0 radical (unpaired) electrons. The van der Waals surface area contributed by atoms with E-state index in [9.17, 15) is 9.59 Å². The minimum absolute atomic E-state index is 0.190. The molecule has 2 heterocycles. The summed E-state index contributed by atoms with van der Waals surface area (Å²) in [6.07, 6.45) is 4.16. The normalized spacial score (nSPS) is 10.4. The Morgan fingerprint density at radius 1 is 1.24 bits per heavy atom. The Labute approximate surface area is 123 Å². The van der Waals surface area contributed by atoms with Crippen LogP contribution >= 0.6 is 0 Å². The van der Waals surface area contributed by atoms with E-state index in [4.69, 9.17) is 0 Å². The molecule has 6 nitrogen and oxygen atoms in total. The van der Waals surface area contributed by atoms with Crippen molar-refractivity contribution < 1.29 is 4.79 Å². The molecule has 2 aromatic rings. The van der Waals surface area contributed by atoms with E-state index >= 15 is 0 Å². The van der Waals surface area contributed by atoms with Crippen LogP contribution < -0.4 is 5.56 Å². The van der Waals surface area contributed by atoms with Crippen molar-refractivity contribution in [2.75, 3.05) is 7.05 Å². The molecule has 110 valence electrons. The molecule has 0 aromatic carbocycles. The predicted octanol–water partition coefficient (Wildman–Crippen LogP) is 1.32. The second-order valence-electron chi connectivity index (χ2n) is 4.80. The topological polar surface area (TPSA) is 68.1 Å². The minimum atomic E-state index is -0.211. The summed E-state index contributed by atoms with van der Waals surface area (Å²) in [4.78, 5) is 29.5. The summed E-state index contributed by atoms with van der Waals surface area (Å²) in [6.45, 7) is 2.93. The molecule has 0 unspecified atom stereocenters. The maximum Gasteiger partial charge on any atom is 0.274 e. The van der Waals surface area contributed by atoms with Gasteiger partial charge in [-0.05, 0) is 30.2 Å². The number of aryl methyl sites for hydroxylation is 1. The number of nitrogens with zero attached hydrogens (tertiary/aromatic N) is 4. The molecule has 0 fully saturated rings. The number of hydrogen-bond acceptors (Lipinski definition) is 4. The number of carbonyl (C=O) groups excluding carboxylic acids is 1. The summed E-state index contributed by atoms with van der Waals surface area (Å²) >= 11 is 0. The van der Waals surface area contributed by atoms with E-state index in [1.54, 1.807) is 24.3 Å². The van der Waals surface area contributed by atoms with Crippen LogP contribution in [-0.4, -0.2) is 32.6 Å². The van der Waals surface area contributed by atoms with Crippen molar-refractivity contribution in [1.82, 2.24) is 19.7 Å². The fourth-order valence-electron chi connectivity index (χ4n) is 1.96. The molecule has 1 amide bonds. The molecule has 0 bridgehead atoms. The Morgan fingerprint density at radius 3 is 2.62 bits per heavy atom. The Bertz CT molecular complexity index is 667. The van der Waals surface area contributed by atoms with Crippen LogP contribution in [0, 0.1) is 0 Å². The van der Waals surface area contributed by atoms with Crippen LogP contribution in [0.5, 0.6) is 0 Å². The van der Waals surface area contributed by atoms with Crippen molar-refractivity contribution in [2.24, 2.45) is 0 Å². The number of amides is 1. The highest BCUT2D eigenvalue weighted by atomic mass is 16.2. The Balaban J connectivity index is 2.15. The molecule has 2 aromatic heterocycles. The molecule has 21 heavy (non-hydrogen) atoms. The quantitative estimate of drug-likeness (QED) is 0.831. The van der Waals surface area contributed by atoms with Gasteiger partial charge < -0.3 is 4.90 Å². The molecule has 0 saturated heterocycles. The zero-order valence-corrected chi connectivity index (χ0v) is 12.2. The van der Waals surface area contributed by atoms with Gasteiger partial charge in [0.25, 0.3) is 11.5 Å². The number of aromatic nitrogens is 3. The molecule has 6 heteroatoms. The number of rotatable bonds is 5. The lowest BCUT2D eigenvalue weighted by molar-refractivity contribution is 0.0776. The minimum Gasteiger partial charge on any atom is -0.336 e. The third-order valence-electron chi connectivity index (χ3n) is 3.04. The van der Waals surface area contributed by atoms with Crippen molar-refractivity contribution in [2.45, 2.75) is 26.4 Å². The third-order valence-corrected chi connectivity index (χ3v) is 3.04. The summed E-state index contributed by atoms with van der Waals surface area (Å²) in [5, 5.41) is 4.13. The van der Waals surface area contributed by atoms with Gasteiger partial charge in [0.15, 0.2) is 0 Å². The van der Waals surface area contributed by atoms with Gasteiger partial charge in [-0.25, -0.2) is 4.68 Å². The van der Waals surface area contributed by atoms with Gasteiger partial charge >= 0.3 is 0 Å². The molecule has 0 atom stereocenters. The Morgan fingerprint density at radius 2 is 1.95 bits per heavy atom. The van der Waals surface area contributed by atoms with Gasteiger partial charge in [0, 0.05) is 38.6 Å². The molecular weight excluding hydrogens is 268 g/mol. The first-order valence-electron chi connectivity index (χ1n) is 6.84. The highest BCUT2D eigenvalue weighted by molar-refractivity contribution is 5.91. The summed E-state index contributed by atoms with van der Waals surface area (Å²) in [5.41, 5.74) is 1.08. The number of hydrogen-bond donors (Lipinski definition) is 0. The van der Waals surface area contributed by atoms with Gasteiger partial charge in [-0.15, -0.1) is 0 Å². The SMILES string of the molecule is CCCn1nc(C(=O)N(C)Cc2ccncc2)ccc1=O. The highest BCUT2D eigenvalue weighted by Gasteiger charge is 2.14. The average Bonchev–Trinajstić information content (AvgIpc) is 2.50. The monoisotopic (exact) mass is 286 g/mol. The third kappa shape index (κ3) is 3.75. The van der Waals surface area contributed by atoms with Crippen molar-refractivity contribution in [3.05, 3.63) is 58.3 Å². The molecular formula is C15H18N4O2. The number of carbonyl (C=O) groups is 1. The van der Waals surface area contributed by atoms with E-state index in [1.165, 1.54) is 16.8 Å². The van der Waals surface area contributed by atoms with Gasteiger partial charge in [0.2, 0.25) is 0 Å². The molecule has 0 aliphatic heterocycles. The smallest absolute Gasteiger partial charge is 0.274 e. The highest BCUT2D eigenvalue weighted by Crippen LogP contribution is 2.05. The lowest BCUT2D eigenvalue weighted by atomic mass is 10.2. The van der Waals surface area contributed by atoms with E-state index in [-0.39, 0.29) is 17.2 Å². The van der Waals surface area contributed by atoms with E-state index in [0.29, 0.717) is 13.1 Å². The molecule has 0 aliphatic rings. The van der Waals surface area contributed by atoms with Crippen molar-refractivity contribution in [3.8, 4) is 0 Å². The molecule has 0 spiro atoms. The molecule has 2 rings (SSSR count). The first kappa shape index (κ1) is 14.9. The van der Waals surface area contributed by atoms with Gasteiger partial charge in [0.1, 0.15) is 5.69 Å². The molecule has 0 aliphatic carbocycles. The van der Waals surface area contributed by atoms with Gasteiger partial charge in [-0.1, -0.05) is 6.92 Å². The van der Waals surface area contributed by atoms with Crippen LogP contribution in [0.1, 0.15) is 29.4 Å². The zero-order valence-electron chi connectivity index (χ0n) is 12.2. The largest absolute Gasteiger partial charge is 0.336 e. The Hall–Kier alpha value is -2.50. The summed E-state index contributed by atoms with van der Waals surface area (Å²) in [6, 6.07) is 6.57. The Kier molecular flexibility index (Phi) is 4.81. The summed E-state index contributed by atoms with van der Waals surface area (Å²) in [7, 11) is 1.71. The van der Waals surface area contributed by atoms with Crippen LogP contribution in [0.3, 0.4) is 0 Å². The van der Waals surface area contributed by atoms with Crippen LogP contribution in [0.15, 0.2) is 41.5 Å². The van der Waals surface area contributed by atoms with Gasteiger partial charge in [-0.2, -0.15) is 5.10 Å². The lowest BCUT2D eigenvalue weighted by Crippen LogP contribution is -2.31.